The average molecular weight is 128 g/mol. The van der Waals surface area contributed by atoms with Gasteiger partial charge in [0.2, 0.25) is 0 Å². The van der Waals surface area contributed by atoms with Crippen LogP contribution in [0.5, 0.6) is 0 Å². The summed E-state index contributed by atoms with van der Waals surface area (Å²) in [5, 5.41) is 0. The van der Waals surface area contributed by atoms with Gasteiger partial charge in [0.25, 0.3) is 0 Å². The van der Waals surface area contributed by atoms with E-state index in [0.717, 1.165) is 12.2 Å². The largest absolute Gasteiger partial charge is 0.179 e. The molecule has 8 heavy (non-hydrogen) atoms. The van der Waals surface area contributed by atoms with Gasteiger partial charge in [-0.3, -0.25) is 0 Å². The molecule has 0 bridgehead atoms. The molecule has 0 aromatic heterocycles. The SMILES string of the molecule is [B][C@H](C)CCCCS. The third kappa shape index (κ3) is 6.41. The van der Waals surface area contributed by atoms with Gasteiger partial charge in [0.15, 0.2) is 0 Å². The number of unbranched alkanes of at least 4 members (excludes halogenated alkanes) is 1. The van der Waals surface area contributed by atoms with Crippen LogP contribution in [0.3, 0.4) is 0 Å². The Morgan fingerprint density at radius 1 is 1.50 bits per heavy atom. The zero-order valence-electron chi connectivity index (χ0n) is 5.43. The Labute approximate surface area is 58.9 Å². The summed E-state index contributed by atoms with van der Waals surface area (Å²) in [5.41, 5.74) is 0. The molecule has 2 heteroatoms. The summed E-state index contributed by atoms with van der Waals surface area (Å²) >= 11 is 4.08. The standard InChI is InChI=1S/C6H13BS/c1-6(7)4-2-3-5-8/h6,8H,2-5H2,1H3/t6-/m1/s1. The first-order valence-corrected chi connectivity index (χ1v) is 3.77. The zero-order valence-corrected chi connectivity index (χ0v) is 6.32. The lowest BCUT2D eigenvalue weighted by Gasteiger charge is -2.00. The van der Waals surface area contributed by atoms with Crippen molar-refractivity contribution < 1.29 is 0 Å². The summed E-state index contributed by atoms with van der Waals surface area (Å²) in [4.78, 5) is 0. The van der Waals surface area contributed by atoms with Gasteiger partial charge < -0.3 is 0 Å². The Kier molecular flexibility index (Phi) is 5.84. The summed E-state index contributed by atoms with van der Waals surface area (Å²) in [5.74, 6) is 1.36. The molecule has 0 saturated heterocycles. The molecule has 0 heterocycles. The lowest BCUT2D eigenvalue weighted by Crippen LogP contribution is -1.85. The second-order valence-corrected chi connectivity index (χ2v) is 2.64. The fraction of sp³-hybridized carbons (Fsp3) is 1.00. The molecule has 0 aliphatic carbocycles. The highest BCUT2D eigenvalue weighted by Gasteiger charge is 1.90. The van der Waals surface area contributed by atoms with Crippen LogP contribution in [0.1, 0.15) is 26.2 Å². The molecule has 0 spiro atoms. The topological polar surface area (TPSA) is 0 Å². The normalized spacial score (nSPS) is 13.8. The van der Waals surface area contributed by atoms with E-state index in [1.165, 1.54) is 12.8 Å². The number of hydrogen-bond donors (Lipinski definition) is 1. The molecule has 0 saturated carbocycles. The molecule has 0 N–H and O–H groups in total. The van der Waals surface area contributed by atoms with Crippen LogP contribution in [-0.2, 0) is 0 Å². The highest BCUT2D eigenvalue weighted by atomic mass is 32.1. The predicted octanol–water partition coefficient (Wildman–Crippen LogP) is 2.06. The molecule has 0 aliphatic rings. The maximum absolute atomic E-state index is 5.51. The first-order valence-electron chi connectivity index (χ1n) is 3.14. The van der Waals surface area contributed by atoms with Crippen molar-refractivity contribution >= 4 is 20.5 Å². The molecule has 0 amide bonds. The van der Waals surface area contributed by atoms with Gasteiger partial charge in [-0.25, -0.2) is 0 Å². The van der Waals surface area contributed by atoms with Gasteiger partial charge in [-0.1, -0.05) is 25.6 Å². The van der Waals surface area contributed by atoms with Crippen molar-refractivity contribution in [2.75, 3.05) is 5.75 Å². The van der Waals surface area contributed by atoms with Crippen LogP contribution in [0, 0.1) is 0 Å². The van der Waals surface area contributed by atoms with Crippen LogP contribution in [-0.4, -0.2) is 13.6 Å². The molecular weight excluding hydrogens is 115 g/mol. The highest BCUT2D eigenvalue weighted by molar-refractivity contribution is 7.80. The third-order valence-corrected chi connectivity index (χ3v) is 1.38. The van der Waals surface area contributed by atoms with Crippen LogP contribution < -0.4 is 0 Å². The van der Waals surface area contributed by atoms with E-state index in [0.29, 0.717) is 5.82 Å². The molecular formula is C6H13BS. The van der Waals surface area contributed by atoms with Crippen LogP contribution >= 0.6 is 12.6 Å². The molecule has 1 atom stereocenters. The minimum atomic E-state index is 0.370. The fourth-order valence-corrected chi connectivity index (χ4v) is 0.802. The Bertz CT molecular complexity index is 45.8. The second kappa shape index (κ2) is 5.55. The predicted molar refractivity (Wildman–Crippen MR) is 42.9 cm³/mol. The Hall–Kier alpha value is 0.415. The van der Waals surface area contributed by atoms with E-state index in [1.54, 1.807) is 0 Å². The van der Waals surface area contributed by atoms with Crippen LogP contribution in [0.4, 0.5) is 0 Å². The van der Waals surface area contributed by atoms with Crippen molar-refractivity contribution in [2.45, 2.75) is 32.0 Å². The van der Waals surface area contributed by atoms with E-state index >= 15 is 0 Å². The fourth-order valence-electron chi connectivity index (χ4n) is 0.578. The molecule has 0 nitrogen and oxygen atoms in total. The van der Waals surface area contributed by atoms with E-state index in [2.05, 4.69) is 12.6 Å². The molecule has 0 unspecified atom stereocenters. The Balaban J connectivity index is 2.72. The minimum absolute atomic E-state index is 0.370. The number of hydrogen-bond acceptors (Lipinski definition) is 1. The highest BCUT2D eigenvalue weighted by Crippen LogP contribution is 2.08. The maximum Gasteiger partial charge on any atom is 0.0695 e. The zero-order chi connectivity index (χ0) is 6.41. The molecule has 0 aromatic rings. The molecule has 0 fully saturated rings. The van der Waals surface area contributed by atoms with Crippen LogP contribution in [0.25, 0.3) is 0 Å². The lowest BCUT2D eigenvalue weighted by atomic mass is 9.85. The number of thiol groups is 1. The smallest absolute Gasteiger partial charge is 0.0695 e. The van der Waals surface area contributed by atoms with Crippen molar-refractivity contribution in [1.82, 2.24) is 0 Å². The van der Waals surface area contributed by atoms with Gasteiger partial charge in [0.1, 0.15) is 0 Å². The van der Waals surface area contributed by atoms with E-state index in [1.807, 2.05) is 6.92 Å². The van der Waals surface area contributed by atoms with Gasteiger partial charge in [-0.15, -0.1) is 0 Å². The summed E-state index contributed by atoms with van der Waals surface area (Å²) in [6.07, 6.45) is 3.56. The quantitative estimate of drug-likeness (QED) is 0.334. The number of rotatable bonds is 4. The van der Waals surface area contributed by atoms with Crippen LogP contribution in [0.15, 0.2) is 0 Å². The molecule has 0 aromatic carbocycles. The van der Waals surface area contributed by atoms with Crippen molar-refractivity contribution in [2.24, 2.45) is 0 Å². The average Bonchev–Trinajstić information content (AvgIpc) is 1.66. The third-order valence-electron chi connectivity index (χ3n) is 1.07. The summed E-state index contributed by atoms with van der Waals surface area (Å²) in [6, 6.07) is 0. The summed E-state index contributed by atoms with van der Waals surface area (Å²) in [6.45, 7) is 2.04. The van der Waals surface area contributed by atoms with Crippen LogP contribution in [0.2, 0.25) is 5.82 Å². The summed E-state index contributed by atoms with van der Waals surface area (Å²) in [7, 11) is 5.51. The molecule has 2 radical (unpaired) electrons. The van der Waals surface area contributed by atoms with Crippen molar-refractivity contribution in [3.63, 3.8) is 0 Å². The van der Waals surface area contributed by atoms with E-state index < -0.39 is 0 Å². The first-order chi connectivity index (χ1) is 3.77. The molecule has 46 valence electrons. The second-order valence-electron chi connectivity index (χ2n) is 2.20. The summed E-state index contributed by atoms with van der Waals surface area (Å²) < 4.78 is 0. The monoisotopic (exact) mass is 128 g/mol. The molecule has 0 aliphatic heterocycles. The van der Waals surface area contributed by atoms with E-state index in [-0.39, 0.29) is 0 Å². The first kappa shape index (κ1) is 8.41. The van der Waals surface area contributed by atoms with Gasteiger partial charge >= 0.3 is 0 Å². The van der Waals surface area contributed by atoms with Gasteiger partial charge in [0, 0.05) is 0 Å². The lowest BCUT2D eigenvalue weighted by molar-refractivity contribution is 0.706. The Morgan fingerprint density at radius 2 is 2.12 bits per heavy atom. The minimum Gasteiger partial charge on any atom is -0.179 e. The van der Waals surface area contributed by atoms with Gasteiger partial charge in [-0.05, 0) is 12.2 Å². The van der Waals surface area contributed by atoms with Gasteiger partial charge in [-0.2, -0.15) is 12.6 Å². The van der Waals surface area contributed by atoms with Crippen molar-refractivity contribution in [3.05, 3.63) is 0 Å². The Morgan fingerprint density at radius 3 is 2.50 bits per heavy atom. The maximum atomic E-state index is 5.51. The van der Waals surface area contributed by atoms with E-state index in [4.69, 9.17) is 7.85 Å². The van der Waals surface area contributed by atoms with Crippen molar-refractivity contribution in [3.8, 4) is 0 Å². The van der Waals surface area contributed by atoms with Gasteiger partial charge in [0.05, 0.1) is 7.85 Å². The molecule has 0 rings (SSSR count). The van der Waals surface area contributed by atoms with Crippen molar-refractivity contribution in [1.29, 1.82) is 0 Å². The van der Waals surface area contributed by atoms with E-state index in [9.17, 15) is 0 Å².